The number of unbranched alkanes of at least 4 members (excludes halogenated alkanes) is 1. The Morgan fingerprint density at radius 3 is 2.75 bits per heavy atom. The highest BCUT2D eigenvalue weighted by molar-refractivity contribution is 5.60. The number of hydrogen-bond donors (Lipinski definition) is 1. The van der Waals surface area contributed by atoms with Crippen LogP contribution < -0.4 is 10.6 Å². The van der Waals surface area contributed by atoms with Crippen molar-refractivity contribution in [1.29, 1.82) is 5.26 Å². The molecule has 0 spiro atoms. The molecule has 86 valence electrons. The van der Waals surface area contributed by atoms with E-state index < -0.39 is 0 Å². The molecule has 0 aliphatic rings. The number of nitrogens with zero attached hydrogens (tertiary/aromatic N) is 2. The quantitative estimate of drug-likeness (QED) is 0.823. The van der Waals surface area contributed by atoms with Crippen LogP contribution in [0.15, 0.2) is 18.2 Å². The van der Waals surface area contributed by atoms with E-state index in [1.807, 2.05) is 25.2 Å². The summed E-state index contributed by atoms with van der Waals surface area (Å²) in [5, 5.41) is 9.10. The molecule has 0 heterocycles. The largest absolute Gasteiger partial charge is 0.374 e. The molecule has 2 N–H and O–H groups in total. The maximum absolute atomic E-state index is 9.10. The summed E-state index contributed by atoms with van der Waals surface area (Å²) in [5.41, 5.74) is 8.26. The molecular formula is C13H19N3. The van der Waals surface area contributed by atoms with Crippen molar-refractivity contribution < 1.29 is 0 Å². The van der Waals surface area contributed by atoms with E-state index in [2.05, 4.69) is 17.9 Å². The molecule has 1 aromatic rings. The van der Waals surface area contributed by atoms with Gasteiger partial charge in [0, 0.05) is 20.1 Å². The Hall–Kier alpha value is -1.53. The minimum Gasteiger partial charge on any atom is -0.374 e. The van der Waals surface area contributed by atoms with Crippen LogP contribution in [0, 0.1) is 11.3 Å². The number of rotatable bonds is 5. The highest BCUT2D eigenvalue weighted by atomic mass is 15.1. The third-order valence-corrected chi connectivity index (χ3v) is 2.68. The molecule has 16 heavy (non-hydrogen) atoms. The first-order valence-corrected chi connectivity index (χ1v) is 5.67. The Labute approximate surface area is 97.5 Å². The molecule has 0 amide bonds. The smallest absolute Gasteiger partial charge is 0.101 e. The highest BCUT2D eigenvalue weighted by Gasteiger charge is 2.07. The fraction of sp³-hybridized carbons (Fsp3) is 0.462. The SMILES string of the molecule is CCCCN(C)c1ccc(CN)cc1C#N. The van der Waals surface area contributed by atoms with E-state index in [1.54, 1.807) is 0 Å². The Kier molecular flexibility index (Phi) is 4.81. The summed E-state index contributed by atoms with van der Waals surface area (Å²) >= 11 is 0. The lowest BCUT2D eigenvalue weighted by Crippen LogP contribution is -2.19. The summed E-state index contributed by atoms with van der Waals surface area (Å²) < 4.78 is 0. The molecular weight excluding hydrogens is 198 g/mol. The Morgan fingerprint density at radius 2 is 2.19 bits per heavy atom. The fourth-order valence-corrected chi connectivity index (χ4v) is 1.65. The van der Waals surface area contributed by atoms with Gasteiger partial charge >= 0.3 is 0 Å². The summed E-state index contributed by atoms with van der Waals surface area (Å²) in [6.07, 6.45) is 2.30. The van der Waals surface area contributed by atoms with Gasteiger partial charge in [-0.25, -0.2) is 0 Å². The topological polar surface area (TPSA) is 53.0 Å². The van der Waals surface area contributed by atoms with Crippen LogP contribution >= 0.6 is 0 Å². The Bertz CT molecular complexity index is 379. The predicted molar refractivity (Wildman–Crippen MR) is 67.2 cm³/mol. The van der Waals surface area contributed by atoms with E-state index in [9.17, 15) is 0 Å². The molecule has 0 unspecified atom stereocenters. The molecule has 1 aromatic carbocycles. The van der Waals surface area contributed by atoms with Gasteiger partial charge in [-0.3, -0.25) is 0 Å². The van der Waals surface area contributed by atoms with Crippen molar-refractivity contribution in [3.8, 4) is 6.07 Å². The molecule has 0 atom stereocenters. The second-order valence-corrected chi connectivity index (χ2v) is 3.94. The van der Waals surface area contributed by atoms with Gasteiger partial charge in [-0.1, -0.05) is 19.4 Å². The summed E-state index contributed by atoms with van der Waals surface area (Å²) in [4.78, 5) is 2.13. The van der Waals surface area contributed by atoms with Gasteiger partial charge in [-0.15, -0.1) is 0 Å². The molecule has 0 saturated heterocycles. The van der Waals surface area contributed by atoms with E-state index in [0.717, 1.165) is 30.6 Å². The third kappa shape index (κ3) is 2.98. The van der Waals surface area contributed by atoms with Crippen molar-refractivity contribution in [2.75, 3.05) is 18.5 Å². The van der Waals surface area contributed by atoms with E-state index in [4.69, 9.17) is 11.0 Å². The van der Waals surface area contributed by atoms with Crippen LogP contribution in [0.5, 0.6) is 0 Å². The van der Waals surface area contributed by atoms with Crippen LogP contribution in [0.4, 0.5) is 5.69 Å². The molecule has 1 rings (SSSR count). The second-order valence-electron chi connectivity index (χ2n) is 3.94. The Morgan fingerprint density at radius 1 is 1.44 bits per heavy atom. The summed E-state index contributed by atoms with van der Waals surface area (Å²) in [6, 6.07) is 8.07. The maximum Gasteiger partial charge on any atom is 0.101 e. The molecule has 0 radical (unpaired) electrons. The Balaban J connectivity index is 2.91. The zero-order valence-corrected chi connectivity index (χ0v) is 10.0. The standard InChI is InChI=1S/C13H19N3/c1-3-4-7-16(2)13-6-5-11(9-14)8-12(13)10-15/h5-6,8H,3-4,7,9,14H2,1-2H3. The van der Waals surface area contributed by atoms with Gasteiger partial charge in [-0.2, -0.15) is 5.26 Å². The van der Waals surface area contributed by atoms with Gasteiger partial charge in [0.05, 0.1) is 11.3 Å². The summed E-state index contributed by atoms with van der Waals surface area (Å²) in [7, 11) is 2.02. The minimum atomic E-state index is 0.480. The molecule has 0 aliphatic carbocycles. The number of anilines is 1. The molecule has 3 heteroatoms. The molecule has 3 nitrogen and oxygen atoms in total. The zero-order valence-electron chi connectivity index (χ0n) is 10.0. The van der Waals surface area contributed by atoms with E-state index in [0.29, 0.717) is 12.1 Å². The molecule has 0 bridgehead atoms. The summed E-state index contributed by atoms with van der Waals surface area (Å²) in [5.74, 6) is 0. The first-order valence-electron chi connectivity index (χ1n) is 5.67. The highest BCUT2D eigenvalue weighted by Crippen LogP contribution is 2.20. The van der Waals surface area contributed by atoms with Gasteiger partial charge in [0.15, 0.2) is 0 Å². The van der Waals surface area contributed by atoms with Crippen LogP contribution in [0.1, 0.15) is 30.9 Å². The fourth-order valence-electron chi connectivity index (χ4n) is 1.65. The third-order valence-electron chi connectivity index (χ3n) is 2.68. The number of hydrogen-bond acceptors (Lipinski definition) is 3. The normalized spacial score (nSPS) is 9.88. The van der Waals surface area contributed by atoms with Crippen molar-refractivity contribution in [3.05, 3.63) is 29.3 Å². The minimum absolute atomic E-state index is 0.480. The van der Waals surface area contributed by atoms with Gasteiger partial charge in [0.1, 0.15) is 6.07 Å². The average Bonchev–Trinajstić information content (AvgIpc) is 2.34. The number of nitrogens with two attached hydrogens (primary N) is 1. The van der Waals surface area contributed by atoms with Crippen LogP contribution in [-0.2, 0) is 6.54 Å². The van der Waals surface area contributed by atoms with Crippen LogP contribution in [0.25, 0.3) is 0 Å². The van der Waals surface area contributed by atoms with Gasteiger partial charge < -0.3 is 10.6 Å². The van der Waals surface area contributed by atoms with Gasteiger partial charge in [0.25, 0.3) is 0 Å². The first kappa shape index (κ1) is 12.5. The van der Waals surface area contributed by atoms with Crippen LogP contribution in [0.3, 0.4) is 0 Å². The monoisotopic (exact) mass is 217 g/mol. The summed E-state index contributed by atoms with van der Waals surface area (Å²) in [6.45, 7) is 3.62. The van der Waals surface area contributed by atoms with Gasteiger partial charge in [-0.05, 0) is 24.1 Å². The van der Waals surface area contributed by atoms with E-state index in [-0.39, 0.29) is 0 Å². The van der Waals surface area contributed by atoms with E-state index >= 15 is 0 Å². The molecule has 0 aromatic heterocycles. The lowest BCUT2D eigenvalue weighted by molar-refractivity contribution is 0.766. The number of benzene rings is 1. The van der Waals surface area contributed by atoms with Crippen molar-refractivity contribution in [2.24, 2.45) is 5.73 Å². The molecule has 0 saturated carbocycles. The predicted octanol–water partition coefficient (Wildman–Crippen LogP) is 2.25. The van der Waals surface area contributed by atoms with Crippen molar-refractivity contribution >= 4 is 5.69 Å². The van der Waals surface area contributed by atoms with Gasteiger partial charge in [0.2, 0.25) is 0 Å². The molecule has 0 aliphatic heterocycles. The van der Waals surface area contributed by atoms with Crippen molar-refractivity contribution in [2.45, 2.75) is 26.3 Å². The number of nitriles is 1. The lowest BCUT2D eigenvalue weighted by atomic mass is 10.1. The lowest BCUT2D eigenvalue weighted by Gasteiger charge is -2.20. The van der Waals surface area contributed by atoms with Crippen LogP contribution in [0.2, 0.25) is 0 Å². The van der Waals surface area contributed by atoms with Crippen molar-refractivity contribution in [3.63, 3.8) is 0 Å². The van der Waals surface area contributed by atoms with E-state index in [1.165, 1.54) is 0 Å². The second kappa shape index (κ2) is 6.14. The molecule has 0 fully saturated rings. The van der Waals surface area contributed by atoms with Crippen LogP contribution in [-0.4, -0.2) is 13.6 Å². The zero-order chi connectivity index (χ0) is 12.0. The van der Waals surface area contributed by atoms with Crippen molar-refractivity contribution in [1.82, 2.24) is 0 Å². The first-order chi connectivity index (χ1) is 7.72. The average molecular weight is 217 g/mol. The maximum atomic E-state index is 9.10.